The van der Waals surface area contributed by atoms with E-state index in [0.29, 0.717) is 18.7 Å². The van der Waals surface area contributed by atoms with Gasteiger partial charge in [-0.15, -0.1) is 0 Å². The van der Waals surface area contributed by atoms with E-state index in [1.54, 1.807) is 0 Å². The molecule has 166 valence electrons. The SMILES string of the molecule is CC(C)(C)OC(=O)NC1CCCN(c2nc3ccccc3n2Cc2ccccc2C#N)C1. The molecular formula is C25H29N5O2. The van der Waals surface area contributed by atoms with Gasteiger partial charge in [-0.25, -0.2) is 9.78 Å². The number of carbonyl (C=O) groups is 1. The second-order valence-electron chi connectivity index (χ2n) is 9.19. The lowest BCUT2D eigenvalue weighted by atomic mass is 10.1. The lowest BCUT2D eigenvalue weighted by Crippen LogP contribution is -2.49. The Morgan fingerprint density at radius 3 is 2.75 bits per heavy atom. The molecule has 2 aromatic carbocycles. The molecule has 0 bridgehead atoms. The van der Waals surface area contributed by atoms with Crippen molar-refractivity contribution in [2.24, 2.45) is 0 Å². The zero-order valence-electron chi connectivity index (χ0n) is 18.8. The van der Waals surface area contributed by atoms with E-state index in [0.717, 1.165) is 41.9 Å². The summed E-state index contributed by atoms with van der Waals surface area (Å²) in [5.74, 6) is 0.856. The van der Waals surface area contributed by atoms with E-state index in [1.807, 2.05) is 63.2 Å². The first-order valence-electron chi connectivity index (χ1n) is 11.0. The fourth-order valence-electron chi connectivity index (χ4n) is 4.15. The van der Waals surface area contributed by atoms with E-state index in [2.05, 4.69) is 26.9 Å². The monoisotopic (exact) mass is 431 g/mol. The number of benzene rings is 2. The predicted molar refractivity (Wildman–Crippen MR) is 125 cm³/mol. The number of hydrogen-bond donors (Lipinski definition) is 1. The van der Waals surface area contributed by atoms with Crippen LogP contribution in [0.4, 0.5) is 10.7 Å². The van der Waals surface area contributed by atoms with Crippen LogP contribution in [0.5, 0.6) is 0 Å². The average molecular weight is 432 g/mol. The third-order valence-corrected chi connectivity index (χ3v) is 5.53. The van der Waals surface area contributed by atoms with Crippen LogP contribution < -0.4 is 10.2 Å². The molecule has 0 aliphatic carbocycles. The summed E-state index contributed by atoms with van der Waals surface area (Å²) < 4.78 is 7.61. The highest BCUT2D eigenvalue weighted by atomic mass is 16.6. The third kappa shape index (κ3) is 4.86. The van der Waals surface area contributed by atoms with E-state index in [-0.39, 0.29) is 12.1 Å². The highest BCUT2D eigenvalue weighted by Gasteiger charge is 2.27. The van der Waals surface area contributed by atoms with Crippen LogP contribution in [0.2, 0.25) is 0 Å². The predicted octanol–water partition coefficient (Wildman–Crippen LogP) is 4.45. The first-order chi connectivity index (χ1) is 15.3. The van der Waals surface area contributed by atoms with E-state index >= 15 is 0 Å². The number of amides is 1. The maximum atomic E-state index is 12.3. The Morgan fingerprint density at radius 1 is 1.22 bits per heavy atom. The van der Waals surface area contributed by atoms with Gasteiger partial charge in [0, 0.05) is 19.1 Å². The first kappa shape index (κ1) is 21.7. The smallest absolute Gasteiger partial charge is 0.407 e. The molecule has 1 saturated heterocycles. The van der Waals surface area contributed by atoms with Gasteiger partial charge in [-0.2, -0.15) is 5.26 Å². The van der Waals surface area contributed by atoms with Crippen LogP contribution in [-0.4, -0.2) is 40.4 Å². The van der Waals surface area contributed by atoms with Gasteiger partial charge < -0.3 is 19.5 Å². The number of nitriles is 1. The minimum atomic E-state index is -0.527. The molecule has 1 aliphatic rings. The summed E-state index contributed by atoms with van der Waals surface area (Å²) in [5, 5.41) is 12.6. The van der Waals surface area contributed by atoms with Crippen molar-refractivity contribution in [2.45, 2.75) is 51.8 Å². The molecule has 4 rings (SSSR count). The summed E-state index contributed by atoms with van der Waals surface area (Å²) in [5.41, 5.74) is 3.04. The van der Waals surface area contributed by atoms with Crippen molar-refractivity contribution in [3.8, 4) is 6.07 Å². The average Bonchev–Trinajstić information content (AvgIpc) is 3.11. The van der Waals surface area contributed by atoms with Crippen molar-refractivity contribution < 1.29 is 9.53 Å². The van der Waals surface area contributed by atoms with Gasteiger partial charge in [-0.05, 0) is 57.4 Å². The quantitative estimate of drug-likeness (QED) is 0.660. The Bertz CT molecular complexity index is 1160. The van der Waals surface area contributed by atoms with E-state index < -0.39 is 5.60 Å². The second kappa shape index (κ2) is 8.91. The van der Waals surface area contributed by atoms with Crippen LogP contribution in [-0.2, 0) is 11.3 Å². The summed E-state index contributed by atoms with van der Waals surface area (Å²) >= 11 is 0. The topological polar surface area (TPSA) is 83.2 Å². The first-order valence-corrected chi connectivity index (χ1v) is 11.0. The molecule has 1 atom stereocenters. The van der Waals surface area contributed by atoms with Crippen LogP contribution >= 0.6 is 0 Å². The van der Waals surface area contributed by atoms with Crippen LogP contribution in [0.25, 0.3) is 11.0 Å². The Balaban J connectivity index is 1.62. The van der Waals surface area contributed by atoms with Crippen molar-refractivity contribution in [1.82, 2.24) is 14.9 Å². The number of nitrogens with one attached hydrogen (secondary N) is 1. The maximum Gasteiger partial charge on any atom is 0.407 e. The fraction of sp³-hybridized carbons (Fsp3) is 0.400. The van der Waals surface area contributed by atoms with Crippen molar-refractivity contribution in [2.75, 3.05) is 18.0 Å². The number of ether oxygens (including phenoxy) is 1. The summed E-state index contributed by atoms with van der Waals surface area (Å²) in [7, 11) is 0. The maximum absolute atomic E-state index is 12.3. The molecule has 7 heteroatoms. The molecule has 32 heavy (non-hydrogen) atoms. The minimum absolute atomic E-state index is 0.0155. The molecule has 0 radical (unpaired) electrons. The Kier molecular flexibility index (Phi) is 6.04. The molecule has 1 amide bonds. The summed E-state index contributed by atoms with van der Waals surface area (Å²) in [6.45, 7) is 7.65. The van der Waals surface area contributed by atoms with Crippen molar-refractivity contribution >= 4 is 23.1 Å². The number of piperidine rings is 1. The molecule has 1 unspecified atom stereocenters. The molecule has 1 aromatic heterocycles. The molecular weight excluding hydrogens is 402 g/mol. The Labute approximate surface area is 188 Å². The van der Waals surface area contributed by atoms with Crippen LogP contribution in [0, 0.1) is 11.3 Å². The highest BCUT2D eigenvalue weighted by molar-refractivity contribution is 5.79. The van der Waals surface area contributed by atoms with Crippen molar-refractivity contribution in [1.29, 1.82) is 5.26 Å². The number of nitrogens with zero attached hydrogens (tertiary/aromatic N) is 4. The van der Waals surface area contributed by atoms with Gasteiger partial charge in [0.1, 0.15) is 5.60 Å². The summed E-state index contributed by atoms with van der Waals surface area (Å²) in [4.78, 5) is 19.4. The minimum Gasteiger partial charge on any atom is -0.444 e. The van der Waals surface area contributed by atoms with Gasteiger partial charge in [0.15, 0.2) is 0 Å². The largest absolute Gasteiger partial charge is 0.444 e. The zero-order valence-corrected chi connectivity index (χ0v) is 18.8. The number of fused-ring (bicyclic) bond motifs is 1. The van der Waals surface area contributed by atoms with Crippen LogP contribution in [0.1, 0.15) is 44.7 Å². The van der Waals surface area contributed by atoms with Crippen molar-refractivity contribution in [3.05, 3.63) is 59.7 Å². The van der Waals surface area contributed by atoms with E-state index in [9.17, 15) is 10.1 Å². The van der Waals surface area contributed by atoms with Crippen molar-refractivity contribution in [3.63, 3.8) is 0 Å². The molecule has 1 fully saturated rings. The number of anilines is 1. The highest BCUT2D eigenvalue weighted by Crippen LogP contribution is 2.27. The number of aromatic nitrogens is 2. The number of rotatable bonds is 4. The van der Waals surface area contributed by atoms with Gasteiger partial charge >= 0.3 is 6.09 Å². The van der Waals surface area contributed by atoms with E-state index in [1.165, 1.54) is 0 Å². The molecule has 0 spiro atoms. The van der Waals surface area contributed by atoms with Gasteiger partial charge in [0.2, 0.25) is 5.95 Å². The standard InChI is InChI=1S/C25H29N5O2/c1-25(2,3)32-24(31)27-20-11-8-14-29(17-20)23-28-21-12-6-7-13-22(21)30(23)16-19-10-5-4-9-18(19)15-26/h4-7,9-10,12-13,20H,8,11,14,16-17H2,1-3H3,(H,27,31). The lowest BCUT2D eigenvalue weighted by Gasteiger charge is -2.34. The molecule has 1 aliphatic heterocycles. The van der Waals surface area contributed by atoms with Gasteiger partial charge in [0.05, 0.1) is 29.2 Å². The normalized spacial score (nSPS) is 16.6. The van der Waals surface area contributed by atoms with Crippen LogP contribution in [0.3, 0.4) is 0 Å². The number of hydrogen-bond acceptors (Lipinski definition) is 5. The number of imidazole rings is 1. The third-order valence-electron chi connectivity index (χ3n) is 5.53. The molecule has 0 saturated carbocycles. The zero-order chi connectivity index (χ0) is 22.7. The number of carbonyl (C=O) groups excluding carboxylic acids is 1. The Hall–Kier alpha value is -3.53. The van der Waals surface area contributed by atoms with Gasteiger partial charge in [-0.3, -0.25) is 0 Å². The molecule has 7 nitrogen and oxygen atoms in total. The number of para-hydroxylation sites is 2. The summed E-state index contributed by atoms with van der Waals surface area (Å²) in [6.07, 6.45) is 1.45. The number of alkyl carbamates (subject to hydrolysis) is 1. The molecule has 1 N–H and O–H groups in total. The molecule has 2 heterocycles. The fourth-order valence-corrected chi connectivity index (χ4v) is 4.15. The van der Waals surface area contributed by atoms with Crippen LogP contribution in [0.15, 0.2) is 48.5 Å². The second-order valence-corrected chi connectivity index (χ2v) is 9.19. The lowest BCUT2D eigenvalue weighted by molar-refractivity contribution is 0.0500. The van der Waals surface area contributed by atoms with Gasteiger partial charge in [-0.1, -0.05) is 30.3 Å². The van der Waals surface area contributed by atoms with E-state index in [4.69, 9.17) is 9.72 Å². The molecule has 3 aromatic rings. The van der Waals surface area contributed by atoms with Gasteiger partial charge in [0.25, 0.3) is 0 Å². The summed E-state index contributed by atoms with van der Waals surface area (Å²) in [6, 6.07) is 18.0. The Morgan fingerprint density at radius 2 is 1.97 bits per heavy atom.